The van der Waals surface area contributed by atoms with Gasteiger partial charge in [-0.25, -0.2) is 0 Å². The highest BCUT2D eigenvalue weighted by Crippen LogP contribution is 2.40. The number of aliphatic hydroxyl groups is 1. The quantitative estimate of drug-likeness (QED) is 0.448. The van der Waals surface area contributed by atoms with E-state index in [1.807, 2.05) is 13.8 Å². The first-order valence-corrected chi connectivity index (χ1v) is 9.10. The Balaban J connectivity index is 2.16. The molecule has 0 bridgehead atoms. The second-order valence-electron chi connectivity index (χ2n) is 7.38. The molecule has 2 rings (SSSR count). The molecule has 0 radical (unpaired) electrons. The lowest BCUT2D eigenvalue weighted by Crippen LogP contribution is -2.29. The predicted octanol–water partition coefficient (Wildman–Crippen LogP) is 2.59. The molecule has 1 fully saturated rings. The molecule has 1 saturated heterocycles. The summed E-state index contributed by atoms with van der Waals surface area (Å²) < 4.78 is 16.5. The SMILES string of the molecule is CC(=O)OC(CC(C)OC(C)O)C1=CC[C@@H]2C(C)C(=O)O[C@H]2C[C@@H]1C. The van der Waals surface area contributed by atoms with Crippen molar-refractivity contribution >= 4 is 11.9 Å². The Morgan fingerprint density at radius 2 is 2.08 bits per heavy atom. The molecule has 1 N–H and O–H groups in total. The van der Waals surface area contributed by atoms with Crippen molar-refractivity contribution in [3.63, 3.8) is 0 Å². The van der Waals surface area contributed by atoms with Gasteiger partial charge >= 0.3 is 11.9 Å². The fourth-order valence-corrected chi connectivity index (χ4v) is 3.97. The van der Waals surface area contributed by atoms with Gasteiger partial charge < -0.3 is 19.3 Å². The van der Waals surface area contributed by atoms with Gasteiger partial charge in [0.2, 0.25) is 0 Å². The topological polar surface area (TPSA) is 82.1 Å². The third-order valence-electron chi connectivity index (χ3n) is 5.19. The molecule has 1 aliphatic heterocycles. The van der Waals surface area contributed by atoms with E-state index >= 15 is 0 Å². The maximum atomic E-state index is 11.8. The Hall–Kier alpha value is -1.40. The van der Waals surface area contributed by atoms with Crippen LogP contribution in [-0.2, 0) is 23.8 Å². The van der Waals surface area contributed by atoms with Crippen LogP contribution in [0.3, 0.4) is 0 Å². The van der Waals surface area contributed by atoms with Gasteiger partial charge in [-0.3, -0.25) is 9.59 Å². The Morgan fingerprint density at radius 3 is 2.68 bits per heavy atom. The summed E-state index contributed by atoms with van der Waals surface area (Å²) >= 11 is 0. The number of rotatable bonds is 6. The molecule has 2 aliphatic rings. The average Bonchev–Trinajstić information content (AvgIpc) is 2.64. The highest BCUT2D eigenvalue weighted by Gasteiger charge is 2.44. The Morgan fingerprint density at radius 1 is 1.40 bits per heavy atom. The number of esters is 2. The first-order valence-electron chi connectivity index (χ1n) is 9.10. The summed E-state index contributed by atoms with van der Waals surface area (Å²) in [6.45, 7) is 8.79. The van der Waals surface area contributed by atoms with Gasteiger partial charge in [-0.2, -0.15) is 0 Å². The second-order valence-corrected chi connectivity index (χ2v) is 7.38. The molecular weight excluding hydrogens is 324 g/mol. The van der Waals surface area contributed by atoms with Gasteiger partial charge in [-0.1, -0.05) is 19.9 Å². The molecular formula is C19H30O6. The van der Waals surface area contributed by atoms with Gasteiger partial charge in [0.15, 0.2) is 6.29 Å². The molecule has 6 nitrogen and oxygen atoms in total. The van der Waals surface area contributed by atoms with E-state index < -0.39 is 12.4 Å². The van der Waals surface area contributed by atoms with Crippen LogP contribution in [0.25, 0.3) is 0 Å². The van der Waals surface area contributed by atoms with E-state index in [1.165, 1.54) is 6.92 Å². The lowest BCUT2D eigenvalue weighted by Gasteiger charge is -2.27. The highest BCUT2D eigenvalue weighted by molar-refractivity contribution is 5.75. The normalized spacial score (nSPS) is 32.7. The number of hydrogen-bond acceptors (Lipinski definition) is 6. The number of ether oxygens (including phenoxy) is 3. The molecule has 25 heavy (non-hydrogen) atoms. The van der Waals surface area contributed by atoms with Crippen molar-refractivity contribution < 1.29 is 28.9 Å². The van der Waals surface area contributed by atoms with Crippen molar-refractivity contribution in [2.24, 2.45) is 17.8 Å². The third kappa shape index (κ3) is 5.05. The standard InChI is InChI=1S/C19H30O6/c1-10-8-17-16(12(3)19(22)25-17)7-6-15(10)18(24-14(5)21)9-11(2)23-13(4)20/h6,10-13,16-18,20H,7-9H2,1-5H3/t10-,11?,12?,13?,16+,17-,18?/m0/s1. The van der Waals surface area contributed by atoms with Crippen LogP contribution in [-0.4, -0.2) is 41.6 Å². The molecule has 0 aromatic heterocycles. The van der Waals surface area contributed by atoms with E-state index in [-0.39, 0.29) is 41.9 Å². The summed E-state index contributed by atoms with van der Waals surface area (Å²) in [7, 11) is 0. The van der Waals surface area contributed by atoms with Crippen LogP contribution in [0.15, 0.2) is 11.6 Å². The van der Waals surface area contributed by atoms with Crippen molar-refractivity contribution in [2.45, 2.75) is 78.5 Å². The second kappa shape index (κ2) is 8.32. The smallest absolute Gasteiger partial charge is 0.309 e. The predicted molar refractivity (Wildman–Crippen MR) is 91.4 cm³/mol. The van der Waals surface area contributed by atoms with E-state index in [0.29, 0.717) is 6.42 Å². The highest BCUT2D eigenvalue weighted by atomic mass is 16.6. The average molecular weight is 354 g/mol. The van der Waals surface area contributed by atoms with Crippen LogP contribution in [0.5, 0.6) is 0 Å². The van der Waals surface area contributed by atoms with Crippen LogP contribution >= 0.6 is 0 Å². The Bertz CT molecular complexity index is 526. The molecule has 0 saturated carbocycles. The Labute approximate surface area is 149 Å². The summed E-state index contributed by atoms with van der Waals surface area (Å²) in [5.41, 5.74) is 1.05. The van der Waals surface area contributed by atoms with Gasteiger partial charge in [-0.05, 0) is 38.2 Å². The molecule has 0 aromatic rings. The van der Waals surface area contributed by atoms with Crippen LogP contribution in [0.4, 0.5) is 0 Å². The largest absolute Gasteiger partial charge is 0.462 e. The first-order chi connectivity index (χ1) is 11.7. The van der Waals surface area contributed by atoms with Crippen molar-refractivity contribution in [3.05, 3.63) is 11.6 Å². The molecule has 4 unspecified atom stereocenters. The first kappa shape index (κ1) is 19.9. The summed E-state index contributed by atoms with van der Waals surface area (Å²) in [6, 6.07) is 0. The molecule has 1 heterocycles. The van der Waals surface area contributed by atoms with Crippen LogP contribution in [0.1, 0.15) is 53.9 Å². The van der Waals surface area contributed by atoms with Crippen molar-refractivity contribution in [3.8, 4) is 0 Å². The lowest BCUT2D eigenvalue weighted by atomic mass is 9.87. The summed E-state index contributed by atoms with van der Waals surface area (Å²) in [4.78, 5) is 23.4. The summed E-state index contributed by atoms with van der Waals surface area (Å²) in [5, 5.41) is 9.39. The minimum absolute atomic E-state index is 0.0737. The lowest BCUT2D eigenvalue weighted by molar-refractivity contribution is -0.151. The van der Waals surface area contributed by atoms with Gasteiger partial charge in [0, 0.05) is 19.3 Å². The van der Waals surface area contributed by atoms with E-state index in [1.54, 1.807) is 6.92 Å². The number of allylic oxidation sites excluding steroid dienone is 1. The number of aliphatic hydroxyl groups excluding tert-OH is 1. The van der Waals surface area contributed by atoms with E-state index in [0.717, 1.165) is 18.4 Å². The van der Waals surface area contributed by atoms with Crippen LogP contribution in [0.2, 0.25) is 0 Å². The molecule has 0 amide bonds. The molecule has 7 atom stereocenters. The maximum absolute atomic E-state index is 11.8. The van der Waals surface area contributed by atoms with Crippen molar-refractivity contribution in [1.29, 1.82) is 0 Å². The Kier molecular flexibility index (Phi) is 6.63. The minimum atomic E-state index is -0.867. The zero-order valence-electron chi connectivity index (χ0n) is 15.7. The van der Waals surface area contributed by atoms with Crippen LogP contribution < -0.4 is 0 Å². The van der Waals surface area contributed by atoms with Gasteiger partial charge in [0.1, 0.15) is 12.2 Å². The van der Waals surface area contributed by atoms with Crippen LogP contribution in [0, 0.1) is 17.8 Å². The number of fused-ring (bicyclic) bond motifs is 1. The van der Waals surface area contributed by atoms with Crippen molar-refractivity contribution in [2.75, 3.05) is 0 Å². The minimum Gasteiger partial charge on any atom is -0.462 e. The number of hydrogen-bond donors (Lipinski definition) is 1. The van der Waals surface area contributed by atoms with Crippen molar-refractivity contribution in [1.82, 2.24) is 0 Å². The monoisotopic (exact) mass is 354 g/mol. The fraction of sp³-hybridized carbons (Fsp3) is 0.789. The zero-order chi connectivity index (χ0) is 18.7. The molecule has 142 valence electrons. The molecule has 0 aromatic carbocycles. The van der Waals surface area contributed by atoms with Gasteiger partial charge in [-0.15, -0.1) is 0 Å². The van der Waals surface area contributed by atoms with Gasteiger partial charge in [0.25, 0.3) is 0 Å². The van der Waals surface area contributed by atoms with E-state index in [4.69, 9.17) is 14.2 Å². The number of carbonyl (C=O) groups excluding carboxylic acids is 2. The molecule has 1 aliphatic carbocycles. The van der Waals surface area contributed by atoms with E-state index in [2.05, 4.69) is 13.0 Å². The third-order valence-corrected chi connectivity index (χ3v) is 5.19. The van der Waals surface area contributed by atoms with Gasteiger partial charge in [0.05, 0.1) is 12.0 Å². The van der Waals surface area contributed by atoms with E-state index in [9.17, 15) is 14.7 Å². The number of carbonyl (C=O) groups is 2. The fourth-order valence-electron chi connectivity index (χ4n) is 3.97. The zero-order valence-corrected chi connectivity index (χ0v) is 15.7. The maximum Gasteiger partial charge on any atom is 0.309 e. The molecule has 0 spiro atoms. The summed E-state index contributed by atoms with van der Waals surface area (Å²) in [6.07, 6.45) is 2.46. The summed E-state index contributed by atoms with van der Waals surface area (Å²) in [5.74, 6) is -0.244. The molecule has 6 heteroatoms.